The standard InChI is InChI=1S/C8H18N4O2S2.HI/c1-10-8(9)11-2-7-16(13,14)12-3-5-15-6-4-12;/h2-7H2,1H3,(H3,9,10,11);1H. The molecule has 0 unspecified atom stereocenters. The predicted octanol–water partition coefficient (Wildman–Crippen LogP) is -0.483. The van der Waals surface area contributed by atoms with Gasteiger partial charge in [-0.3, -0.25) is 4.99 Å². The van der Waals surface area contributed by atoms with Crippen LogP contribution in [-0.4, -0.2) is 62.6 Å². The van der Waals surface area contributed by atoms with Crippen molar-refractivity contribution in [2.75, 3.05) is 43.9 Å². The van der Waals surface area contributed by atoms with Crippen LogP contribution in [0.1, 0.15) is 0 Å². The summed E-state index contributed by atoms with van der Waals surface area (Å²) < 4.78 is 25.2. The highest BCUT2D eigenvalue weighted by atomic mass is 127. The van der Waals surface area contributed by atoms with Gasteiger partial charge in [-0.2, -0.15) is 11.8 Å². The fraction of sp³-hybridized carbons (Fsp3) is 0.875. The van der Waals surface area contributed by atoms with E-state index in [1.54, 1.807) is 23.1 Å². The quantitative estimate of drug-likeness (QED) is 0.382. The number of nitrogens with one attached hydrogen (secondary N) is 1. The minimum absolute atomic E-state index is 0. The monoisotopic (exact) mass is 394 g/mol. The number of rotatable bonds is 4. The van der Waals surface area contributed by atoms with Crippen LogP contribution < -0.4 is 11.1 Å². The maximum Gasteiger partial charge on any atom is 0.215 e. The zero-order valence-electron chi connectivity index (χ0n) is 9.76. The zero-order valence-corrected chi connectivity index (χ0v) is 13.7. The number of nitrogens with two attached hydrogens (primary N) is 1. The van der Waals surface area contributed by atoms with Crippen molar-refractivity contribution >= 4 is 51.7 Å². The summed E-state index contributed by atoms with van der Waals surface area (Å²) in [7, 11) is -1.59. The Kier molecular flexibility index (Phi) is 8.51. The van der Waals surface area contributed by atoms with E-state index in [2.05, 4.69) is 10.3 Å². The van der Waals surface area contributed by atoms with Crippen LogP contribution in [0, 0.1) is 0 Å². The van der Waals surface area contributed by atoms with Gasteiger partial charge in [-0.15, -0.1) is 24.0 Å². The average Bonchev–Trinajstić information content (AvgIpc) is 2.30. The molecule has 1 aliphatic rings. The second-order valence-electron chi connectivity index (χ2n) is 3.36. The first-order valence-electron chi connectivity index (χ1n) is 5.08. The number of thioether (sulfide) groups is 1. The first kappa shape index (κ1) is 17.3. The predicted molar refractivity (Wildman–Crippen MR) is 83.6 cm³/mol. The molecule has 1 fully saturated rings. The number of sulfonamides is 1. The van der Waals surface area contributed by atoms with Crippen molar-refractivity contribution < 1.29 is 8.42 Å². The molecule has 1 aliphatic heterocycles. The summed E-state index contributed by atoms with van der Waals surface area (Å²) in [5, 5.41) is 2.74. The summed E-state index contributed by atoms with van der Waals surface area (Å²) in [5.41, 5.74) is 5.41. The van der Waals surface area contributed by atoms with Crippen LogP contribution in [0.25, 0.3) is 0 Å². The minimum Gasteiger partial charge on any atom is -0.370 e. The van der Waals surface area contributed by atoms with Crippen molar-refractivity contribution in [2.24, 2.45) is 10.7 Å². The van der Waals surface area contributed by atoms with Crippen molar-refractivity contribution in [1.82, 2.24) is 9.62 Å². The van der Waals surface area contributed by atoms with Crippen LogP contribution in [0.5, 0.6) is 0 Å². The molecule has 1 saturated heterocycles. The first-order chi connectivity index (χ1) is 7.56. The normalized spacial score (nSPS) is 18.5. The Hall–Kier alpha value is 0.260. The third kappa shape index (κ3) is 6.11. The molecule has 1 heterocycles. The number of guanidine groups is 1. The summed E-state index contributed by atoms with van der Waals surface area (Å²) in [5.74, 6) is 2.09. The fourth-order valence-electron chi connectivity index (χ4n) is 1.34. The number of aliphatic imine (C=N–C) groups is 1. The lowest BCUT2D eigenvalue weighted by Crippen LogP contribution is -2.42. The minimum atomic E-state index is -3.14. The molecule has 0 atom stereocenters. The Morgan fingerprint density at radius 1 is 1.47 bits per heavy atom. The number of nitrogens with zero attached hydrogens (tertiary/aromatic N) is 2. The lowest BCUT2D eigenvalue weighted by atomic mass is 10.6. The van der Waals surface area contributed by atoms with Gasteiger partial charge < -0.3 is 11.1 Å². The van der Waals surface area contributed by atoms with Crippen molar-refractivity contribution in [3.63, 3.8) is 0 Å². The summed E-state index contributed by atoms with van der Waals surface area (Å²) in [6, 6.07) is 0. The molecule has 102 valence electrons. The van der Waals surface area contributed by atoms with Gasteiger partial charge in [0, 0.05) is 38.2 Å². The summed E-state index contributed by atoms with van der Waals surface area (Å²) in [4.78, 5) is 3.69. The third-order valence-corrected chi connectivity index (χ3v) is 5.08. The molecule has 0 amide bonds. The van der Waals surface area contributed by atoms with Crippen LogP contribution >= 0.6 is 35.7 Å². The van der Waals surface area contributed by atoms with Crippen molar-refractivity contribution in [1.29, 1.82) is 0 Å². The highest BCUT2D eigenvalue weighted by Gasteiger charge is 2.23. The lowest BCUT2D eigenvalue weighted by molar-refractivity contribution is 0.443. The Bertz CT molecular complexity index is 341. The van der Waals surface area contributed by atoms with E-state index in [0.717, 1.165) is 11.5 Å². The largest absolute Gasteiger partial charge is 0.370 e. The second-order valence-corrected chi connectivity index (χ2v) is 6.68. The van der Waals surface area contributed by atoms with Gasteiger partial charge in [-0.25, -0.2) is 12.7 Å². The van der Waals surface area contributed by atoms with Gasteiger partial charge in [0.05, 0.1) is 5.75 Å². The van der Waals surface area contributed by atoms with Gasteiger partial charge in [0.1, 0.15) is 0 Å². The van der Waals surface area contributed by atoms with Gasteiger partial charge in [0.2, 0.25) is 10.0 Å². The van der Waals surface area contributed by atoms with Gasteiger partial charge in [0.15, 0.2) is 5.96 Å². The van der Waals surface area contributed by atoms with E-state index >= 15 is 0 Å². The lowest BCUT2D eigenvalue weighted by Gasteiger charge is -2.25. The Morgan fingerprint density at radius 2 is 2.06 bits per heavy atom. The fourth-order valence-corrected chi connectivity index (χ4v) is 3.83. The zero-order chi connectivity index (χ0) is 12.0. The van der Waals surface area contributed by atoms with Crippen LogP contribution in [-0.2, 0) is 10.0 Å². The Labute approximate surface area is 124 Å². The van der Waals surface area contributed by atoms with Gasteiger partial charge in [-0.05, 0) is 0 Å². The van der Waals surface area contributed by atoms with E-state index < -0.39 is 10.0 Å². The average molecular weight is 394 g/mol. The van der Waals surface area contributed by atoms with E-state index in [0.29, 0.717) is 19.6 Å². The molecular formula is C8H19IN4O2S2. The first-order valence-corrected chi connectivity index (χ1v) is 7.84. The highest BCUT2D eigenvalue weighted by molar-refractivity contribution is 14.0. The van der Waals surface area contributed by atoms with E-state index in [1.165, 1.54) is 0 Å². The topological polar surface area (TPSA) is 87.8 Å². The smallest absolute Gasteiger partial charge is 0.215 e. The van der Waals surface area contributed by atoms with E-state index in [9.17, 15) is 8.42 Å². The molecule has 9 heteroatoms. The molecule has 0 bridgehead atoms. The molecule has 0 aromatic rings. The molecule has 1 rings (SSSR count). The molecular weight excluding hydrogens is 375 g/mol. The van der Waals surface area contributed by atoms with E-state index in [1.807, 2.05) is 0 Å². The van der Waals surface area contributed by atoms with Crippen molar-refractivity contribution in [3.8, 4) is 0 Å². The maximum atomic E-state index is 11.9. The van der Waals surface area contributed by atoms with Crippen molar-refractivity contribution in [3.05, 3.63) is 0 Å². The Balaban J connectivity index is 0.00000256. The molecule has 0 spiro atoms. The van der Waals surface area contributed by atoms with E-state index in [4.69, 9.17) is 5.73 Å². The second kappa shape index (κ2) is 8.38. The number of hydrogen-bond acceptors (Lipinski definition) is 4. The molecule has 0 saturated carbocycles. The third-order valence-electron chi connectivity index (χ3n) is 2.27. The molecule has 0 aromatic heterocycles. The molecule has 0 aliphatic carbocycles. The van der Waals surface area contributed by atoms with Gasteiger partial charge >= 0.3 is 0 Å². The van der Waals surface area contributed by atoms with Gasteiger partial charge in [-0.1, -0.05) is 0 Å². The molecule has 3 N–H and O–H groups in total. The molecule has 0 aromatic carbocycles. The molecule has 6 nitrogen and oxygen atoms in total. The maximum absolute atomic E-state index is 11.9. The highest BCUT2D eigenvalue weighted by Crippen LogP contribution is 2.12. The van der Waals surface area contributed by atoms with Crippen LogP contribution in [0.15, 0.2) is 4.99 Å². The summed E-state index contributed by atoms with van der Waals surface area (Å²) in [6.07, 6.45) is 0. The number of hydrogen-bond donors (Lipinski definition) is 2. The summed E-state index contributed by atoms with van der Waals surface area (Å²) >= 11 is 1.79. The summed E-state index contributed by atoms with van der Waals surface area (Å²) in [6.45, 7) is 1.53. The molecule has 0 radical (unpaired) electrons. The van der Waals surface area contributed by atoms with Crippen molar-refractivity contribution in [2.45, 2.75) is 0 Å². The van der Waals surface area contributed by atoms with Gasteiger partial charge in [0.25, 0.3) is 0 Å². The SMILES string of the molecule is CN=C(N)NCCS(=O)(=O)N1CCSCC1.I. The van der Waals surface area contributed by atoms with Crippen LogP contribution in [0.3, 0.4) is 0 Å². The number of halogens is 1. The molecule has 17 heavy (non-hydrogen) atoms. The van der Waals surface area contributed by atoms with Crippen LogP contribution in [0.4, 0.5) is 0 Å². The van der Waals surface area contributed by atoms with Crippen LogP contribution in [0.2, 0.25) is 0 Å². The van der Waals surface area contributed by atoms with E-state index in [-0.39, 0.29) is 35.7 Å². The Morgan fingerprint density at radius 3 is 2.59 bits per heavy atom.